The van der Waals surface area contributed by atoms with Crippen molar-refractivity contribution in [2.45, 2.75) is 102 Å². The van der Waals surface area contributed by atoms with Gasteiger partial charge in [-0.15, -0.1) is 12.4 Å². The number of nitrogens with one attached hydrogen (secondary N) is 5. The molecular formula is C41H49Cl3N10O2. The molecule has 6 aromatic rings. The molecule has 56 heavy (non-hydrogen) atoms. The average Bonchev–Trinajstić information content (AvgIpc) is 3.78. The van der Waals surface area contributed by atoms with E-state index in [1.165, 1.54) is 0 Å². The number of benzene rings is 2. The monoisotopic (exact) mass is 818 g/mol. The number of nitrogens with zero attached hydrogens (tertiary/aromatic N) is 4. The van der Waals surface area contributed by atoms with Crippen molar-refractivity contribution >= 4 is 75.4 Å². The summed E-state index contributed by atoms with van der Waals surface area (Å²) in [4.78, 5) is 36.7. The lowest BCUT2D eigenvalue weighted by Gasteiger charge is -2.31. The number of para-hydroxylation sites is 2. The third kappa shape index (κ3) is 10.2. The summed E-state index contributed by atoms with van der Waals surface area (Å²) in [6.45, 7) is 5.59. The summed E-state index contributed by atoms with van der Waals surface area (Å²) >= 11 is 12.8. The maximum Gasteiger partial charge on any atom is 0.407 e. The van der Waals surface area contributed by atoms with Crippen LogP contribution in [-0.4, -0.2) is 65.8 Å². The number of anilines is 2. The SMILES string of the molecule is CC(C)(C)OC(=O)N[C@H]1CCC[C@@H](Nc2ncc(Cl)c(-c3c[nH]c4ccccc34)n2)C1.Cl.N[C@H]1CCC[C@@H](Nc2ncc(Cl)c(-c3c[nH]c4ccccc34)n2)C1. The minimum Gasteiger partial charge on any atom is -0.444 e. The van der Waals surface area contributed by atoms with Crippen molar-refractivity contribution in [1.82, 2.24) is 35.2 Å². The minimum atomic E-state index is -0.508. The summed E-state index contributed by atoms with van der Waals surface area (Å²) in [7, 11) is 0. The van der Waals surface area contributed by atoms with Gasteiger partial charge in [0.1, 0.15) is 5.60 Å². The van der Waals surface area contributed by atoms with E-state index in [1.807, 2.05) is 75.6 Å². The van der Waals surface area contributed by atoms with Gasteiger partial charge in [-0.3, -0.25) is 0 Å². The van der Waals surface area contributed by atoms with Crippen molar-refractivity contribution in [2.75, 3.05) is 10.6 Å². The molecule has 0 aliphatic heterocycles. The third-order valence-electron chi connectivity index (χ3n) is 9.95. The number of aromatic nitrogens is 6. The van der Waals surface area contributed by atoms with Crippen LogP contribution < -0.4 is 21.7 Å². The van der Waals surface area contributed by atoms with Crippen molar-refractivity contribution in [3.8, 4) is 22.5 Å². The molecule has 2 aliphatic rings. The summed E-state index contributed by atoms with van der Waals surface area (Å²) in [5.74, 6) is 1.14. The number of hydrogen-bond donors (Lipinski definition) is 6. The molecule has 8 rings (SSSR count). The van der Waals surface area contributed by atoms with Gasteiger partial charge in [-0.25, -0.2) is 24.7 Å². The van der Waals surface area contributed by atoms with Gasteiger partial charge in [0, 0.05) is 69.5 Å². The Hall–Kier alpha value is -4.62. The van der Waals surface area contributed by atoms with Gasteiger partial charge < -0.3 is 36.4 Å². The topological polar surface area (TPSA) is 172 Å². The van der Waals surface area contributed by atoms with Crippen LogP contribution in [0.4, 0.5) is 16.7 Å². The summed E-state index contributed by atoms with van der Waals surface area (Å²) in [5.41, 5.74) is 11.0. The van der Waals surface area contributed by atoms with E-state index in [0.29, 0.717) is 33.7 Å². The number of hydrogen-bond acceptors (Lipinski definition) is 9. The van der Waals surface area contributed by atoms with Gasteiger partial charge in [0.25, 0.3) is 0 Å². The van der Waals surface area contributed by atoms with E-state index in [0.717, 1.165) is 90.0 Å². The van der Waals surface area contributed by atoms with Crippen LogP contribution in [0.1, 0.15) is 72.1 Å². The average molecular weight is 820 g/mol. The number of halogens is 3. The van der Waals surface area contributed by atoms with Gasteiger partial charge in [0.05, 0.1) is 33.8 Å². The molecule has 12 nitrogen and oxygen atoms in total. The molecule has 0 radical (unpaired) electrons. The fourth-order valence-corrected chi connectivity index (χ4v) is 7.82. The van der Waals surface area contributed by atoms with Crippen molar-refractivity contribution in [3.05, 3.63) is 83.4 Å². The fourth-order valence-electron chi connectivity index (χ4n) is 7.44. The first-order valence-corrected chi connectivity index (χ1v) is 19.7. The Morgan fingerprint density at radius 3 is 1.75 bits per heavy atom. The molecule has 7 N–H and O–H groups in total. The number of carbonyl (C=O) groups is 1. The first-order chi connectivity index (χ1) is 26.5. The molecule has 0 spiro atoms. The maximum atomic E-state index is 12.1. The van der Waals surface area contributed by atoms with Crippen LogP contribution in [-0.2, 0) is 4.74 Å². The van der Waals surface area contributed by atoms with E-state index in [4.69, 9.17) is 38.7 Å². The zero-order valence-electron chi connectivity index (χ0n) is 31.7. The lowest BCUT2D eigenvalue weighted by Crippen LogP contribution is -2.44. The van der Waals surface area contributed by atoms with E-state index in [2.05, 4.69) is 46.9 Å². The minimum absolute atomic E-state index is 0. The second-order valence-corrected chi connectivity index (χ2v) is 16.2. The lowest BCUT2D eigenvalue weighted by atomic mass is 9.91. The molecule has 1 amide bonds. The van der Waals surface area contributed by atoms with E-state index in [9.17, 15) is 4.79 Å². The Morgan fingerprint density at radius 2 is 1.23 bits per heavy atom. The number of amides is 1. The van der Waals surface area contributed by atoms with Crippen LogP contribution in [0.15, 0.2) is 73.3 Å². The van der Waals surface area contributed by atoms with Gasteiger partial charge in [-0.2, -0.15) is 0 Å². The van der Waals surface area contributed by atoms with Crippen LogP contribution >= 0.6 is 35.6 Å². The van der Waals surface area contributed by atoms with E-state index >= 15 is 0 Å². The van der Waals surface area contributed by atoms with Crippen LogP contribution in [0.5, 0.6) is 0 Å². The molecule has 2 aliphatic carbocycles. The van der Waals surface area contributed by atoms with Gasteiger partial charge in [-0.1, -0.05) is 59.6 Å². The number of ether oxygens (including phenoxy) is 1. The van der Waals surface area contributed by atoms with Crippen molar-refractivity contribution in [3.63, 3.8) is 0 Å². The van der Waals surface area contributed by atoms with Crippen molar-refractivity contribution < 1.29 is 9.53 Å². The fraction of sp³-hybridized carbons (Fsp3) is 0.390. The number of nitrogens with two attached hydrogens (primary N) is 1. The molecular weight excluding hydrogens is 771 g/mol. The number of rotatable bonds is 7. The van der Waals surface area contributed by atoms with Crippen LogP contribution in [0, 0.1) is 0 Å². The first-order valence-electron chi connectivity index (χ1n) is 19.0. The summed E-state index contributed by atoms with van der Waals surface area (Å²) in [6, 6.07) is 17.0. The Balaban J connectivity index is 0.000000192. The first kappa shape index (κ1) is 41.0. The summed E-state index contributed by atoms with van der Waals surface area (Å²) in [5, 5.41) is 13.0. The van der Waals surface area contributed by atoms with Crippen LogP contribution in [0.2, 0.25) is 10.0 Å². The normalized spacial score (nSPS) is 19.7. The summed E-state index contributed by atoms with van der Waals surface area (Å²) in [6.07, 6.45) is 14.8. The predicted octanol–water partition coefficient (Wildman–Crippen LogP) is 9.91. The van der Waals surface area contributed by atoms with Crippen molar-refractivity contribution in [2.24, 2.45) is 5.73 Å². The molecule has 0 bridgehead atoms. The van der Waals surface area contributed by atoms with Crippen LogP contribution in [0.3, 0.4) is 0 Å². The highest BCUT2D eigenvalue weighted by Crippen LogP contribution is 2.34. The van der Waals surface area contributed by atoms with Gasteiger partial charge in [0.15, 0.2) is 0 Å². The Morgan fingerprint density at radius 1 is 0.750 bits per heavy atom. The van der Waals surface area contributed by atoms with Crippen molar-refractivity contribution in [1.29, 1.82) is 0 Å². The van der Waals surface area contributed by atoms with E-state index in [1.54, 1.807) is 12.4 Å². The molecule has 4 atom stereocenters. The molecule has 2 fully saturated rings. The number of aromatic amines is 2. The molecule has 0 unspecified atom stereocenters. The number of carbonyl (C=O) groups excluding carboxylic acids is 1. The van der Waals surface area contributed by atoms with Crippen LogP contribution in [0.25, 0.3) is 44.3 Å². The molecule has 296 valence electrons. The highest BCUT2D eigenvalue weighted by Gasteiger charge is 2.26. The number of fused-ring (bicyclic) bond motifs is 2. The molecule has 4 aromatic heterocycles. The molecule has 0 saturated heterocycles. The maximum absolute atomic E-state index is 12.1. The van der Waals surface area contributed by atoms with E-state index in [-0.39, 0.29) is 36.6 Å². The molecule has 2 saturated carbocycles. The Kier molecular flexibility index (Phi) is 13.3. The lowest BCUT2D eigenvalue weighted by molar-refractivity contribution is 0.0492. The smallest absolute Gasteiger partial charge is 0.407 e. The quantitative estimate of drug-likeness (QED) is 0.0917. The number of alkyl carbamates (subject to hydrolysis) is 1. The Bertz CT molecular complexity index is 2250. The van der Waals surface area contributed by atoms with Gasteiger partial charge in [-0.05, 0) is 84.3 Å². The number of H-pyrrole nitrogens is 2. The second kappa shape index (κ2) is 18.1. The zero-order valence-corrected chi connectivity index (χ0v) is 34.1. The van der Waals surface area contributed by atoms with Gasteiger partial charge >= 0.3 is 6.09 Å². The highest BCUT2D eigenvalue weighted by molar-refractivity contribution is 6.33. The molecule has 2 aromatic carbocycles. The third-order valence-corrected chi connectivity index (χ3v) is 10.5. The molecule has 4 heterocycles. The zero-order chi connectivity index (χ0) is 38.5. The van der Waals surface area contributed by atoms with Gasteiger partial charge in [0.2, 0.25) is 11.9 Å². The second-order valence-electron chi connectivity index (χ2n) is 15.4. The Labute approximate surface area is 342 Å². The standard InChI is InChI=1S/C23H28ClN5O2.C18H20ClN5.ClH/c1-23(2,3)31-22(30)28-15-8-6-7-14(11-15)27-21-26-13-18(24)20(29-21)17-12-25-19-10-5-4-9-16(17)19;19-15-10-22-18(23-12-5-3-4-11(20)8-12)24-17(15)14-9-21-16-7-2-1-6-13(14)16;/h4-5,9-10,12-15,25H,6-8,11H2,1-3H3,(H,28,30)(H,26,27,29);1-2,6-7,9-12,21H,3-5,8,20H2,(H,22,23,24);1H/t14-,15+;11-,12+;/m10./s1. The molecule has 15 heteroatoms. The largest absolute Gasteiger partial charge is 0.444 e. The van der Waals surface area contributed by atoms with E-state index < -0.39 is 5.60 Å². The summed E-state index contributed by atoms with van der Waals surface area (Å²) < 4.78 is 5.39. The predicted molar refractivity (Wildman–Crippen MR) is 229 cm³/mol. The highest BCUT2D eigenvalue weighted by atomic mass is 35.5.